The highest BCUT2D eigenvalue weighted by Gasteiger charge is 2.39. The number of urea groups is 1. The molecule has 0 bridgehead atoms. The van der Waals surface area contributed by atoms with Crippen LogP contribution in [-0.2, 0) is 4.79 Å². The number of carbonyl (C=O) groups excluding carboxylic acids is 1. The topological polar surface area (TPSA) is 60.9 Å². The molecule has 1 atom stereocenters. The Bertz CT molecular complexity index is 337. The Morgan fingerprint density at radius 3 is 2.39 bits per heavy atom. The Balaban J connectivity index is 1.94. The van der Waals surface area contributed by atoms with Crippen molar-refractivity contribution in [3.05, 3.63) is 0 Å². The lowest BCUT2D eigenvalue weighted by atomic mass is 9.85. The van der Waals surface area contributed by atoms with E-state index in [0.717, 1.165) is 25.8 Å². The van der Waals surface area contributed by atoms with E-state index in [2.05, 4.69) is 6.92 Å². The molecule has 1 aliphatic heterocycles. The number of amides is 2. The standard InChI is InChI=1S/C13H22N2O3/c1-3-10-8-15(13(18)14(10)2)11-6-4-9(5-7-11)12(16)17/h9-11H,3-8H2,1-2H3,(H,16,17). The number of nitrogens with zero attached hydrogens (tertiary/aromatic N) is 2. The van der Waals surface area contributed by atoms with Crippen LogP contribution >= 0.6 is 0 Å². The van der Waals surface area contributed by atoms with Gasteiger partial charge in [0.05, 0.1) is 12.0 Å². The molecule has 1 saturated carbocycles. The minimum atomic E-state index is -0.690. The Hall–Kier alpha value is -1.26. The van der Waals surface area contributed by atoms with Gasteiger partial charge in [0.25, 0.3) is 0 Å². The summed E-state index contributed by atoms with van der Waals surface area (Å²) in [5, 5.41) is 8.98. The number of hydrogen-bond acceptors (Lipinski definition) is 2. The Labute approximate surface area is 108 Å². The third-order valence-electron chi connectivity index (χ3n) is 4.46. The molecule has 18 heavy (non-hydrogen) atoms. The molecule has 0 spiro atoms. The number of carbonyl (C=O) groups is 2. The molecule has 2 aliphatic rings. The second kappa shape index (κ2) is 5.16. The van der Waals surface area contributed by atoms with E-state index in [9.17, 15) is 9.59 Å². The zero-order valence-electron chi connectivity index (χ0n) is 11.1. The highest BCUT2D eigenvalue weighted by Crippen LogP contribution is 2.31. The fourth-order valence-corrected chi connectivity index (χ4v) is 3.13. The van der Waals surface area contributed by atoms with Crippen molar-refractivity contribution < 1.29 is 14.7 Å². The molecule has 0 aromatic heterocycles. The number of rotatable bonds is 3. The Morgan fingerprint density at radius 1 is 1.33 bits per heavy atom. The number of aliphatic carboxylic acids is 1. The van der Waals surface area contributed by atoms with Crippen molar-refractivity contribution in [3.8, 4) is 0 Å². The molecule has 2 fully saturated rings. The number of carboxylic acid groups (broad SMARTS) is 1. The van der Waals surface area contributed by atoms with Crippen molar-refractivity contribution in [3.63, 3.8) is 0 Å². The van der Waals surface area contributed by atoms with Crippen LogP contribution in [0.15, 0.2) is 0 Å². The van der Waals surface area contributed by atoms with Crippen LogP contribution in [0.3, 0.4) is 0 Å². The van der Waals surface area contributed by atoms with E-state index in [-0.39, 0.29) is 18.0 Å². The molecular weight excluding hydrogens is 232 g/mol. The van der Waals surface area contributed by atoms with Gasteiger partial charge in [-0.25, -0.2) is 4.79 Å². The van der Waals surface area contributed by atoms with E-state index < -0.39 is 5.97 Å². The first kappa shape index (κ1) is 13.2. The molecular formula is C13H22N2O3. The lowest BCUT2D eigenvalue weighted by Crippen LogP contribution is -2.41. The number of carboxylic acids is 1. The summed E-state index contributed by atoms with van der Waals surface area (Å²) in [5.74, 6) is -0.900. The van der Waals surface area contributed by atoms with Crippen LogP contribution in [-0.4, -0.2) is 52.6 Å². The largest absolute Gasteiger partial charge is 0.481 e. The van der Waals surface area contributed by atoms with Gasteiger partial charge >= 0.3 is 12.0 Å². The summed E-state index contributed by atoms with van der Waals surface area (Å²) in [5.41, 5.74) is 0. The fraction of sp³-hybridized carbons (Fsp3) is 0.846. The van der Waals surface area contributed by atoms with Crippen LogP contribution in [0.25, 0.3) is 0 Å². The predicted octanol–water partition coefficient (Wildman–Crippen LogP) is 1.78. The summed E-state index contributed by atoms with van der Waals surface area (Å²) >= 11 is 0. The van der Waals surface area contributed by atoms with Gasteiger partial charge in [-0.3, -0.25) is 4.79 Å². The van der Waals surface area contributed by atoms with E-state index >= 15 is 0 Å². The Morgan fingerprint density at radius 2 is 1.94 bits per heavy atom. The monoisotopic (exact) mass is 254 g/mol. The highest BCUT2D eigenvalue weighted by atomic mass is 16.4. The van der Waals surface area contributed by atoms with E-state index in [4.69, 9.17) is 5.11 Å². The van der Waals surface area contributed by atoms with Crippen molar-refractivity contribution >= 4 is 12.0 Å². The summed E-state index contributed by atoms with van der Waals surface area (Å²) in [6, 6.07) is 0.669. The fourth-order valence-electron chi connectivity index (χ4n) is 3.13. The van der Waals surface area contributed by atoms with E-state index in [1.807, 2.05) is 16.8 Å². The number of hydrogen-bond donors (Lipinski definition) is 1. The molecule has 2 rings (SSSR count). The van der Waals surface area contributed by atoms with Crippen LogP contribution in [0, 0.1) is 5.92 Å². The van der Waals surface area contributed by atoms with Gasteiger partial charge in [-0.1, -0.05) is 6.92 Å². The van der Waals surface area contributed by atoms with Gasteiger partial charge < -0.3 is 14.9 Å². The molecule has 5 nitrogen and oxygen atoms in total. The highest BCUT2D eigenvalue weighted by molar-refractivity contribution is 5.77. The maximum absolute atomic E-state index is 12.1. The summed E-state index contributed by atoms with van der Waals surface area (Å²) in [4.78, 5) is 26.8. The molecule has 0 radical (unpaired) electrons. The van der Waals surface area contributed by atoms with E-state index in [0.29, 0.717) is 18.9 Å². The van der Waals surface area contributed by atoms with Gasteiger partial charge in [0.1, 0.15) is 0 Å². The van der Waals surface area contributed by atoms with Gasteiger partial charge in [0.2, 0.25) is 0 Å². The first-order valence-electron chi connectivity index (χ1n) is 6.80. The quantitative estimate of drug-likeness (QED) is 0.835. The molecule has 1 heterocycles. The lowest BCUT2D eigenvalue weighted by molar-refractivity contribution is -0.143. The van der Waals surface area contributed by atoms with Crippen LogP contribution in [0.4, 0.5) is 4.79 Å². The molecule has 2 amide bonds. The third kappa shape index (κ3) is 2.31. The first-order chi connectivity index (χ1) is 8.54. The van der Waals surface area contributed by atoms with Crippen LogP contribution < -0.4 is 0 Å². The van der Waals surface area contributed by atoms with Crippen molar-refractivity contribution in [1.29, 1.82) is 0 Å². The van der Waals surface area contributed by atoms with Gasteiger partial charge in [-0.05, 0) is 32.1 Å². The van der Waals surface area contributed by atoms with Crippen LogP contribution in [0.5, 0.6) is 0 Å². The zero-order chi connectivity index (χ0) is 13.3. The van der Waals surface area contributed by atoms with Gasteiger partial charge in [-0.15, -0.1) is 0 Å². The number of likely N-dealkylation sites (N-methyl/N-ethyl adjacent to an activating group) is 1. The average Bonchev–Trinajstić information content (AvgIpc) is 2.66. The van der Waals surface area contributed by atoms with Crippen molar-refractivity contribution in [2.24, 2.45) is 5.92 Å². The molecule has 1 unspecified atom stereocenters. The molecule has 1 saturated heterocycles. The molecule has 5 heteroatoms. The van der Waals surface area contributed by atoms with Gasteiger partial charge in [-0.2, -0.15) is 0 Å². The molecule has 1 aliphatic carbocycles. The SMILES string of the molecule is CCC1CN(C2CCC(C(=O)O)CC2)C(=O)N1C. The maximum atomic E-state index is 12.1. The van der Waals surface area contributed by atoms with Crippen molar-refractivity contribution in [2.75, 3.05) is 13.6 Å². The Kier molecular flexibility index (Phi) is 3.78. The summed E-state index contributed by atoms with van der Waals surface area (Å²) in [7, 11) is 1.86. The predicted molar refractivity (Wildman–Crippen MR) is 67.3 cm³/mol. The van der Waals surface area contributed by atoms with Crippen molar-refractivity contribution in [2.45, 2.75) is 51.1 Å². The van der Waals surface area contributed by atoms with Crippen LogP contribution in [0.1, 0.15) is 39.0 Å². The molecule has 102 valence electrons. The minimum Gasteiger partial charge on any atom is -0.481 e. The summed E-state index contributed by atoms with van der Waals surface area (Å²) in [6.45, 7) is 2.90. The second-order valence-corrected chi connectivity index (χ2v) is 5.45. The zero-order valence-corrected chi connectivity index (χ0v) is 11.1. The third-order valence-corrected chi connectivity index (χ3v) is 4.46. The summed E-state index contributed by atoms with van der Waals surface area (Å²) in [6.07, 6.45) is 4.03. The normalized spacial score (nSPS) is 33.0. The molecule has 1 N–H and O–H groups in total. The molecule has 0 aromatic rings. The van der Waals surface area contributed by atoms with Gasteiger partial charge in [0.15, 0.2) is 0 Å². The molecule has 0 aromatic carbocycles. The van der Waals surface area contributed by atoms with Crippen LogP contribution in [0.2, 0.25) is 0 Å². The smallest absolute Gasteiger partial charge is 0.320 e. The van der Waals surface area contributed by atoms with E-state index in [1.165, 1.54) is 0 Å². The average molecular weight is 254 g/mol. The van der Waals surface area contributed by atoms with E-state index in [1.54, 1.807) is 0 Å². The van der Waals surface area contributed by atoms with Crippen molar-refractivity contribution in [1.82, 2.24) is 9.80 Å². The summed E-state index contributed by atoms with van der Waals surface area (Å²) < 4.78 is 0. The van der Waals surface area contributed by atoms with Gasteiger partial charge in [0, 0.05) is 19.6 Å². The minimum absolute atomic E-state index is 0.112. The maximum Gasteiger partial charge on any atom is 0.320 e. The first-order valence-corrected chi connectivity index (χ1v) is 6.80. The lowest BCUT2D eigenvalue weighted by Gasteiger charge is -2.32. The second-order valence-electron chi connectivity index (χ2n) is 5.45.